The zero-order valence-electron chi connectivity index (χ0n) is 10.7. The van der Waals surface area contributed by atoms with Crippen LogP contribution in [0.2, 0.25) is 5.02 Å². The van der Waals surface area contributed by atoms with Crippen molar-refractivity contribution in [3.8, 4) is 11.8 Å². The minimum atomic E-state index is -0.585. The van der Waals surface area contributed by atoms with E-state index in [1.807, 2.05) is 0 Å². The predicted molar refractivity (Wildman–Crippen MR) is 77.6 cm³/mol. The Morgan fingerprint density at radius 3 is 2.86 bits per heavy atom. The Kier molecular flexibility index (Phi) is 4.88. The highest BCUT2D eigenvalue weighted by Gasteiger charge is 2.10. The SMILES string of the molecule is O=C(Nc1cc(Cl)ccc1F)c1ccc(C#CCO)cn1. The van der Waals surface area contributed by atoms with Crippen LogP contribution in [0.5, 0.6) is 0 Å². The molecule has 1 heterocycles. The number of benzene rings is 1. The van der Waals surface area contributed by atoms with Gasteiger partial charge in [-0.05, 0) is 30.3 Å². The number of anilines is 1. The van der Waals surface area contributed by atoms with E-state index >= 15 is 0 Å². The van der Waals surface area contributed by atoms with Crippen LogP contribution in [-0.2, 0) is 0 Å². The van der Waals surface area contributed by atoms with Gasteiger partial charge in [-0.15, -0.1) is 0 Å². The average molecular weight is 305 g/mol. The topological polar surface area (TPSA) is 62.2 Å². The summed E-state index contributed by atoms with van der Waals surface area (Å²) in [5.74, 6) is 3.98. The highest BCUT2D eigenvalue weighted by molar-refractivity contribution is 6.31. The number of carbonyl (C=O) groups excluding carboxylic acids is 1. The van der Waals surface area contributed by atoms with Crippen molar-refractivity contribution in [1.82, 2.24) is 4.98 Å². The van der Waals surface area contributed by atoms with Gasteiger partial charge in [0, 0.05) is 16.8 Å². The standard InChI is InChI=1S/C15H10ClFN2O2/c16-11-4-5-12(17)14(8-11)19-15(21)13-6-3-10(9-18-13)2-1-7-20/h3-6,8-9,20H,7H2,(H,19,21). The van der Waals surface area contributed by atoms with Gasteiger partial charge < -0.3 is 10.4 Å². The number of carbonyl (C=O) groups is 1. The van der Waals surface area contributed by atoms with Crippen molar-refractivity contribution in [2.45, 2.75) is 0 Å². The summed E-state index contributed by atoms with van der Waals surface area (Å²) in [5.41, 5.74) is 0.664. The average Bonchev–Trinajstić information content (AvgIpc) is 2.49. The highest BCUT2D eigenvalue weighted by Crippen LogP contribution is 2.20. The maximum atomic E-state index is 13.5. The van der Waals surface area contributed by atoms with Crippen LogP contribution < -0.4 is 5.32 Å². The van der Waals surface area contributed by atoms with Crippen LogP contribution in [0.1, 0.15) is 16.1 Å². The second kappa shape index (κ2) is 6.84. The van der Waals surface area contributed by atoms with Crippen molar-refractivity contribution in [3.63, 3.8) is 0 Å². The number of hydrogen-bond donors (Lipinski definition) is 2. The van der Waals surface area contributed by atoms with E-state index in [4.69, 9.17) is 16.7 Å². The number of aromatic nitrogens is 1. The van der Waals surface area contributed by atoms with Gasteiger partial charge in [-0.25, -0.2) is 9.37 Å². The molecule has 0 aliphatic carbocycles. The summed E-state index contributed by atoms with van der Waals surface area (Å²) in [6.45, 7) is -0.254. The summed E-state index contributed by atoms with van der Waals surface area (Å²) in [4.78, 5) is 15.9. The van der Waals surface area contributed by atoms with Crippen molar-refractivity contribution in [2.24, 2.45) is 0 Å². The number of aliphatic hydroxyl groups excluding tert-OH is 1. The molecule has 6 heteroatoms. The molecule has 0 saturated heterocycles. The Bertz CT molecular complexity index is 721. The molecule has 1 amide bonds. The van der Waals surface area contributed by atoms with Gasteiger partial charge in [-0.3, -0.25) is 4.79 Å². The molecule has 0 unspecified atom stereocenters. The van der Waals surface area contributed by atoms with Crippen LogP contribution in [0.25, 0.3) is 0 Å². The molecule has 4 nitrogen and oxygen atoms in total. The number of aliphatic hydroxyl groups is 1. The third-order valence-electron chi connectivity index (χ3n) is 2.48. The zero-order chi connectivity index (χ0) is 15.2. The van der Waals surface area contributed by atoms with Gasteiger partial charge in [0.15, 0.2) is 0 Å². The van der Waals surface area contributed by atoms with E-state index in [1.165, 1.54) is 30.5 Å². The summed E-state index contributed by atoms with van der Waals surface area (Å²) >= 11 is 5.75. The molecule has 0 spiro atoms. The second-order valence-corrected chi connectivity index (χ2v) is 4.41. The Balaban J connectivity index is 2.15. The Morgan fingerprint density at radius 1 is 1.38 bits per heavy atom. The number of nitrogens with one attached hydrogen (secondary N) is 1. The maximum Gasteiger partial charge on any atom is 0.274 e. The maximum absolute atomic E-state index is 13.5. The molecule has 106 valence electrons. The molecular formula is C15H10ClFN2O2. The van der Waals surface area contributed by atoms with E-state index in [0.717, 1.165) is 0 Å². The van der Waals surface area contributed by atoms with Crippen LogP contribution >= 0.6 is 11.6 Å². The molecule has 2 aromatic rings. The summed E-state index contributed by atoms with van der Waals surface area (Å²) in [6, 6.07) is 6.91. The minimum Gasteiger partial charge on any atom is -0.384 e. The van der Waals surface area contributed by atoms with Crippen molar-refractivity contribution < 1.29 is 14.3 Å². The number of pyridine rings is 1. The fraction of sp³-hybridized carbons (Fsp3) is 0.0667. The van der Waals surface area contributed by atoms with E-state index in [9.17, 15) is 9.18 Å². The fourth-order valence-corrected chi connectivity index (χ4v) is 1.70. The van der Waals surface area contributed by atoms with Crippen molar-refractivity contribution >= 4 is 23.2 Å². The number of amides is 1. The smallest absolute Gasteiger partial charge is 0.274 e. The molecule has 0 atom stereocenters. The number of hydrogen-bond acceptors (Lipinski definition) is 3. The molecule has 0 aliphatic heterocycles. The lowest BCUT2D eigenvalue weighted by Gasteiger charge is -2.06. The summed E-state index contributed by atoms with van der Waals surface area (Å²) < 4.78 is 13.5. The predicted octanol–water partition coefficient (Wildman–Crippen LogP) is 2.47. The van der Waals surface area contributed by atoms with Crippen LogP contribution in [-0.4, -0.2) is 22.6 Å². The first kappa shape index (κ1) is 15.0. The van der Waals surface area contributed by atoms with Gasteiger partial charge in [-0.1, -0.05) is 23.4 Å². The molecule has 2 rings (SSSR count). The summed E-state index contributed by atoms with van der Waals surface area (Å²) in [7, 11) is 0. The highest BCUT2D eigenvalue weighted by atomic mass is 35.5. The first-order valence-corrected chi connectivity index (χ1v) is 6.30. The minimum absolute atomic E-state index is 0.0153. The zero-order valence-corrected chi connectivity index (χ0v) is 11.5. The molecule has 0 radical (unpaired) electrons. The van der Waals surface area contributed by atoms with Gasteiger partial charge in [0.2, 0.25) is 0 Å². The van der Waals surface area contributed by atoms with E-state index in [1.54, 1.807) is 6.07 Å². The molecule has 0 bridgehead atoms. The van der Waals surface area contributed by atoms with Gasteiger partial charge >= 0.3 is 0 Å². The fourth-order valence-electron chi connectivity index (χ4n) is 1.52. The van der Waals surface area contributed by atoms with Crippen molar-refractivity contribution in [3.05, 3.63) is 58.6 Å². The molecule has 0 saturated carbocycles. The Morgan fingerprint density at radius 2 is 2.19 bits per heavy atom. The Hall–Kier alpha value is -2.42. The van der Waals surface area contributed by atoms with Crippen LogP contribution in [0.3, 0.4) is 0 Å². The van der Waals surface area contributed by atoms with Gasteiger partial charge in [0.05, 0.1) is 5.69 Å². The van der Waals surface area contributed by atoms with Crippen molar-refractivity contribution in [1.29, 1.82) is 0 Å². The second-order valence-electron chi connectivity index (χ2n) is 3.97. The number of rotatable bonds is 2. The lowest BCUT2D eigenvalue weighted by atomic mass is 10.2. The lowest BCUT2D eigenvalue weighted by Crippen LogP contribution is -2.14. The molecule has 2 N–H and O–H groups in total. The summed E-state index contributed by atoms with van der Waals surface area (Å²) in [5, 5.41) is 11.3. The lowest BCUT2D eigenvalue weighted by molar-refractivity contribution is 0.102. The van der Waals surface area contributed by atoms with Crippen LogP contribution in [0.15, 0.2) is 36.5 Å². The third kappa shape index (κ3) is 4.02. The third-order valence-corrected chi connectivity index (χ3v) is 2.72. The molecular weight excluding hydrogens is 295 g/mol. The quantitative estimate of drug-likeness (QED) is 0.838. The Labute approximate surface area is 125 Å². The molecule has 0 fully saturated rings. The van der Waals surface area contributed by atoms with Gasteiger partial charge in [0.1, 0.15) is 18.1 Å². The van der Waals surface area contributed by atoms with E-state index in [2.05, 4.69) is 22.1 Å². The largest absolute Gasteiger partial charge is 0.384 e. The normalized spacial score (nSPS) is 9.67. The number of halogens is 2. The van der Waals surface area contributed by atoms with Crippen LogP contribution in [0, 0.1) is 17.7 Å². The van der Waals surface area contributed by atoms with E-state index in [-0.39, 0.29) is 18.0 Å². The first-order chi connectivity index (χ1) is 10.1. The molecule has 21 heavy (non-hydrogen) atoms. The van der Waals surface area contributed by atoms with Gasteiger partial charge in [-0.2, -0.15) is 0 Å². The summed E-state index contributed by atoms with van der Waals surface area (Å²) in [6.07, 6.45) is 1.39. The monoisotopic (exact) mass is 304 g/mol. The van der Waals surface area contributed by atoms with E-state index in [0.29, 0.717) is 10.6 Å². The van der Waals surface area contributed by atoms with E-state index < -0.39 is 11.7 Å². The van der Waals surface area contributed by atoms with Crippen LogP contribution in [0.4, 0.5) is 10.1 Å². The molecule has 1 aromatic heterocycles. The van der Waals surface area contributed by atoms with Gasteiger partial charge in [0.25, 0.3) is 5.91 Å². The molecule has 1 aromatic carbocycles. The molecule has 0 aliphatic rings. The van der Waals surface area contributed by atoms with Crippen molar-refractivity contribution in [2.75, 3.05) is 11.9 Å². The number of nitrogens with zero attached hydrogens (tertiary/aromatic N) is 1. The first-order valence-electron chi connectivity index (χ1n) is 5.92.